The van der Waals surface area contributed by atoms with Crippen molar-refractivity contribution in [3.63, 3.8) is 0 Å². The Bertz CT molecular complexity index is 388. The zero-order chi connectivity index (χ0) is 11.3. The summed E-state index contributed by atoms with van der Waals surface area (Å²) in [5, 5.41) is 3.02. The number of allylic oxidation sites excluding steroid dienone is 2. The summed E-state index contributed by atoms with van der Waals surface area (Å²) >= 11 is 0. The van der Waals surface area contributed by atoms with Gasteiger partial charge in [0.2, 0.25) is 0 Å². The summed E-state index contributed by atoms with van der Waals surface area (Å²) in [6.07, 6.45) is 3.72. The Kier molecular flexibility index (Phi) is 3.86. The molecule has 0 unspecified atom stereocenters. The van der Waals surface area contributed by atoms with Gasteiger partial charge in [-0.05, 0) is 30.7 Å². The molecule has 0 aromatic heterocycles. The molecule has 0 aliphatic carbocycles. The van der Waals surface area contributed by atoms with Crippen LogP contribution in [0.15, 0.2) is 55.3 Å². The molecule has 0 aliphatic rings. The van der Waals surface area contributed by atoms with Crippen molar-refractivity contribution in [2.45, 2.75) is 6.92 Å². The first kappa shape index (κ1) is 11.2. The van der Waals surface area contributed by atoms with E-state index in [4.69, 9.17) is 0 Å². The maximum atomic E-state index is 12.7. The van der Waals surface area contributed by atoms with Gasteiger partial charge in [-0.15, -0.1) is 0 Å². The molecule has 0 radical (unpaired) electrons. The standard InChI is InChI=1S/C13H14FN/c1-4-5-10(2)15-11(3)12-6-8-13(14)9-7-12/h4-9,15H,2-3H2,1H3/b5-4-. The van der Waals surface area contributed by atoms with E-state index in [1.165, 1.54) is 12.1 Å². The molecule has 0 atom stereocenters. The van der Waals surface area contributed by atoms with E-state index in [-0.39, 0.29) is 5.82 Å². The second-order valence-electron chi connectivity index (χ2n) is 3.14. The first-order valence-electron chi connectivity index (χ1n) is 4.67. The third-order valence-corrected chi connectivity index (χ3v) is 1.87. The molecular formula is C13H14FN. The zero-order valence-corrected chi connectivity index (χ0v) is 8.76. The molecule has 1 aromatic rings. The lowest BCUT2D eigenvalue weighted by Gasteiger charge is -2.09. The van der Waals surface area contributed by atoms with Gasteiger partial charge in [0.15, 0.2) is 0 Å². The monoisotopic (exact) mass is 203 g/mol. The highest BCUT2D eigenvalue weighted by Gasteiger charge is 1.98. The van der Waals surface area contributed by atoms with Crippen molar-refractivity contribution in [1.29, 1.82) is 0 Å². The first-order valence-corrected chi connectivity index (χ1v) is 4.67. The molecule has 0 bridgehead atoms. The molecule has 15 heavy (non-hydrogen) atoms. The predicted octanol–water partition coefficient (Wildman–Crippen LogP) is 3.48. The van der Waals surface area contributed by atoms with Crippen LogP contribution in [0.1, 0.15) is 12.5 Å². The summed E-state index contributed by atoms with van der Waals surface area (Å²) in [6, 6.07) is 6.16. The van der Waals surface area contributed by atoms with Gasteiger partial charge in [0.05, 0.1) is 0 Å². The number of benzene rings is 1. The molecule has 1 N–H and O–H groups in total. The van der Waals surface area contributed by atoms with Crippen LogP contribution in [-0.4, -0.2) is 0 Å². The summed E-state index contributed by atoms with van der Waals surface area (Å²) in [6.45, 7) is 9.55. The largest absolute Gasteiger partial charge is 0.356 e. The van der Waals surface area contributed by atoms with E-state index in [0.717, 1.165) is 11.3 Å². The van der Waals surface area contributed by atoms with Gasteiger partial charge in [0, 0.05) is 11.4 Å². The Morgan fingerprint density at radius 3 is 2.40 bits per heavy atom. The SMILES string of the molecule is C=C(/C=C\C)NC(=C)c1ccc(F)cc1. The molecule has 0 fully saturated rings. The molecule has 1 aromatic carbocycles. The smallest absolute Gasteiger partial charge is 0.123 e. The van der Waals surface area contributed by atoms with Gasteiger partial charge in [-0.2, -0.15) is 0 Å². The Morgan fingerprint density at radius 1 is 1.27 bits per heavy atom. The molecule has 0 saturated heterocycles. The van der Waals surface area contributed by atoms with Gasteiger partial charge in [-0.3, -0.25) is 0 Å². The van der Waals surface area contributed by atoms with Crippen LogP contribution in [0.3, 0.4) is 0 Å². The molecule has 1 rings (SSSR count). The van der Waals surface area contributed by atoms with Gasteiger partial charge < -0.3 is 5.32 Å². The summed E-state index contributed by atoms with van der Waals surface area (Å²) in [5.41, 5.74) is 2.31. The Morgan fingerprint density at radius 2 is 1.87 bits per heavy atom. The Labute approximate surface area is 89.6 Å². The number of nitrogens with one attached hydrogen (secondary N) is 1. The minimum Gasteiger partial charge on any atom is -0.356 e. The molecule has 0 heterocycles. The van der Waals surface area contributed by atoms with Gasteiger partial charge in [0.25, 0.3) is 0 Å². The highest BCUT2D eigenvalue weighted by atomic mass is 19.1. The lowest BCUT2D eigenvalue weighted by molar-refractivity contribution is 0.627. The van der Waals surface area contributed by atoms with E-state index in [1.807, 2.05) is 19.1 Å². The molecule has 0 saturated carbocycles. The van der Waals surface area contributed by atoms with E-state index in [1.54, 1.807) is 12.1 Å². The second kappa shape index (κ2) is 5.15. The lowest BCUT2D eigenvalue weighted by atomic mass is 10.1. The quantitative estimate of drug-likeness (QED) is 0.739. The number of rotatable bonds is 4. The van der Waals surface area contributed by atoms with Gasteiger partial charge in [-0.1, -0.05) is 31.4 Å². The highest BCUT2D eigenvalue weighted by Crippen LogP contribution is 2.11. The van der Waals surface area contributed by atoms with Crippen LogP contribution in [0.2, 0.25) is 0 Å². The normalized spacial score (nSPS) is 10.3. The fourth-order valence-corrected chi connectivity index (χ4v) is 1.16. The van der Waals surface area contributed by atoms with Crippen molar-refractivity contribution < 1.29 is 4.39 Å². The summed E-state index contributed by atoms with van der Waals surface area (Å²) < 4.78 is 12.7. The first-order chi connectivity index (χ1) is 7.13. The molecule has 1 nitrogen and oxygen atoms in total. The van der Waals surface area contributed by atoms with Crippen molar-refractivity contribution in [3.8, 4) is 0 Å². The topological polar surface area (TPSA) is 12.0 Å². The van der Waals surface area contributed by atoms with Crippen LogP contribution in [0, 0.1) is 5.82 Å². The molecule has 78 valence electrons. The fourth-order valence-electron chi connectivity index (χ4n) is 1.16. The van der Waals surface area contributed by atoms with Crippen LogP contribution < -0.4 is 5.32 Å². The third-order valence-electron chi connectivity index (χ3n) is 1.87. The van der Waals surface area contributed by atoms with Crippen LogP contribution in [0.5, 0.6) is 0 Å². The average molecular weight is 203 g/mol. The third kappa shape index (κ3) is 3.43. The molecular weight excluding hydrogens is 189 g/mol. The molecule has 0 aliphatic heterocycles. The van der Waals surface area contributed by atoms with Crippen molar-refractivity contribution in [2.24, 2.45) is 0 Å². The van der Waals surface area contributed by atoms with Crippen molar-refractivity contribution in [2.75, 3.05) is 0 Å². The van der Waals surface area contributed by atoms with E-state index in [9.17, 15) is 4.39 Å². The highest BCUT2D eigenvalue weighted by molar-refractivity contribution is 5.63. The second-order valence-corrected chi connectivity index (χ2v) is 3.14. The Balaban J connectivity index is 2.69. The van der Waals surface area contributed by atoms with Gasteiger partial charge in [0.1, 0.15) is 5.82 Å². The summed E-state index contributed by atoms with van der Waals surface area (Å²) in [4.78, 5) is 0. The number of halogens is 1. The van der Waals surface area contributed by atoms with E-state index in [2.05, 4.69) is 18.5 Å². The minimum atomic E-state index is -0.251. The maximum Gasteiger partial charge on any atom is 0.123 e. The predicted molar refractivity (Wildman–Crippen MR) is 62.5 cm³/mol. The van der Waals surface area contributed by atoms with Crippen molar-refractivity contribution in [3.05, 3.63) is 66.7 Å². The fraction of sp³-hybridized carbons (Fsp3) is 0.0769. The van der Waals surface area contributed by atoms with E-state index >= 15 is 0 Å². The van der Waals surface area contributed by atoms with E-state index in [0.29, 0.717) is 5.70 Å². The molecule has 0 spiro atoms. The summed E-state index contributed by atoms with van der Waals surface area (Å²) in [7, 11) is 0. The summed E-state index contributed by atoms with van der Waals surface area (Å²) in [5.74, 6) is -0.251. The minimum absolute atomic E-state index is 0.251. The average Bonchev–Trinajstić information content (AvgIpc) is 2.18. The van der Waals surface area contributed by atoms with Crippen LogP contribution >= 0.6 is 0 Å². The molecule has 2 heteroatoms. The van der Waals surface area contributed by atoms with Crippen LogP contribution in [0.4, 0.5) is 4.39 Å². The molecule has 0 amide bonds. The van der Waals surface area contributed by atoms with Crippen LogP contribution in [-0.2, 0) is 0 Å². The maximum absolute atomic E-state index is 12.7. The van der Waals surface area contributed by atoms with E-state index < -0.39 is 0 Å². The van der Waals surface area contributed by atoms with Gasteiger partial charge in [-0.25, -0.2) is 4.39 Å². The van der Waals surface area contributed by atoms with Crippen molar-refractivity contribution >= 4 is 5.70 Å². The number of hydrogen-bond acceptors (Lipinski definition) is 1. The van der Waals surface area contributed by atoms with Crippen LogP contribution in [0.25, 0.3) is 5.70 Å². The van der Waals surface area contributed by atoms with Crippen molar-refractivity contribution in [1.82, 2.24) is 5.32 Å². The number of hydrogen-bond donors (Lipinski definition) is 1. The lowest BCUT2D eigenvalue weighted by Crippen LogP contribution is -2.08. The zero-order valence-electron chi connectivity index (χ0n) is 8.76. The Hall–Kier alpha value is -1.83. The van der Waals surface area contributed by atoms with Gasteiger partial charge >= 0.3 is 0 Å².